The maximum absolute atomic E-state index is 6.55. The summed E-state index contributed by atoms with van der Waals surface area (Å²) in [6, 6.07) is 63.8. The third-order valence-corrected chi connectivity index (χ3v) is 11.5. The van der Waals surface area contributed by atoms with Gasteiger partial charge in [0.1, 0.15) is 16.7 Å². The fourth-order valence-corrected chi connectivity index (χ4v) is 9.03. The van der Waals surface area contributed by atoms with Gasteiger partial charge < -0.3 is 13.7 Å². The van der Waals surface area contributed by atoms with E-state index in [0.717, 1.165) is 83.3 Å². The van der Waals surface area contributed by atoms with E-state index in [1.807, 2.05) is 42.5 Å². The fraction of sp³-hybridized carbons (Fsp3) is 0. The maximum atomic E-state index is 6.55. The quantitative estimate of drug-likeness (QED) is 0.172. The SMILES string of the molecule is c1ccc(-c2nc3cc(-c4ccc(N(c5ccc6c(c5)oc5ccccc56)c5ccccc5-c5ccccc5)cc4)c4sc5ccccc5c4c3o2)cc1. The highest BCUT2D eigenvalue weighted by Crippen LogP contribution is 2.47. The molecule has 0 radical (unpaired) electrons. The third-order valence-electron chi connectivity index (χ3n) is 10.3. The molecule has 0 unspecified atom stereocenters. The summed E-state index contributed by atoms with van der Waals surface area (Å²) in [5, 5.41) is 4.51. The number of anilines is 3. The van der Waals surface area contributed by atoms with Crippen LogP contribution in [0.4, 0.5) is 17.1 Å². The van der Waals surface area contributed by atoms with Gasteiger partial charge >= 0.3 is 0 Å². The number of para-hydroxylation sites is 2. The van der Waals surface area contributed by atoms with E-state index in [1.54, 1.807) is 11.3 Å². The van der Waals surface area contributed by atoms with Gasteiger partial charge in [0, 0.05) is 65.1 Å². The second-order valence-electron chi connectivity index (χ2n) is 13.5. The van der Waals surface area contributed by atoms with Gasteiger partial charge in [0.2, 0.25) is 5.89 Å². The zero-order chi connectivity index (χ0) is 35.6. The number of rotatable bonds is 6. The van der Waals surface area contributed by atoms with Crippen molar-refractivity contribution in [3.63, 3.8) is 0 Å². The molecule has 0 saturated heterocycles. The van der Waals surface area contributed by atoms with Crippen LogP contribution in [-0.4, -0.2) is 4.98 Å². The lowest BCUT2D eigenvalue weighted by atomic mass is 9.99. The first-order valence-electron chi connectivity index (χ1n) is 18.0. The number of aromatic nitrogens is 1. The largest absolute Gasteiger partial charge is 0.456 e. The number of oxazole rings is 1. The van der Waals surface area contributed by atoms with Crippen molar-refractivity contribution < 1.29 is 8.83 Å². The molecule has 11 rings (SSSR count). The van der Waals surface area contributed by atoms with Crippen LogP contribution in [0.5, 0.6) is 0 Å². The molecule has 0 aliphatic heterocycles. The highest BCUT2D eigenvalue weighted by atomic mass is 32.1. The molecular formula is C49H30N2O2S. The summed E-state index contributed by atoms with van der Waals surface area (Å²) in [5.41, 5.74) is 12.1. The van der Waals surface area contributed by atoms with Crippen molar-refractivity contribution in [3.05, 3.63) is 182 Å². The van der Waals surface area contributed by atoms with E-state index in [-0.39, 0.29) is 0 Å². The normalized spacial score (nSPS) is 11.7. The molecule has 0 aliphatic carbocycles. The van der Waals surface area contributed by atoms with Gasteiger partial charge in [0.05, 0.1) is 5.69 Å². The predicted octanol–water partition coefficient (Wildman–Crippen LogP) is 14.6. The number of thiophene rings is 1. The Morgan fingerprint density at radius 2 is 1.11 bits per heavy atom. The molecular weight excluding hydrogens is 681 g/mol. The topological polar surface area (TPSA) is 42.4 Å². The predicted molar refractivity (Wildman–Crippen MR) is 225 cm³/mol. The monoisotopic (exact) mass is 710 g/mol. The van der Waals surface area contributed by atoms with E-state index in [1.165, 1.54) is 14.8 Å². The van der Waals surface area contributed by atoms with Crippen molar-refractivity contribution in [3.8, 4) is 33.7 Å². The summed E-state index contributed by atoms with van der Waals surface area (Å²) >= 11 is 1.80. The molecule has 54 heavy (non-hydrogen) atoms. The van der Waals surface area contributed by atoms with Gasteiger partial charge in [-0.2, -0.15) is 0 Å². The van der Waals surface area contributed by atoms with Gasteiger partial charge in [0.15, 0.2) is 5.58 Å². The molecule has 4 nitrogen and oxygen atoms in total. The third kappa shape index (κ3) is 4.94. The van der Waals surface area contributed by atoms with Crippen molar-refractivity contribution in [2.45, 2.75) is 0 Å². The summed E-state index contributed by atoms with van der Waals surface area (Å²) in [5.74, 6) is 0.629. The van der Waals surface area contributed by atoms with Crippen molar-refractivity contribution in [1.82, 2.24) is 4.98 Å². The Hall–Kier alpha value is -6.95. The van der Waals surface area contributed by atoms with E-state index in [9.17, 15) is 0 Å². The van der Waals surface area contributed by atoms with Gasteiger partial charge in [-0.15, -0.1) is 11.3 Å². The summed E-state index contributed by atoms with van der Waals surface area (Å²) in [6.45, 7) is 0. The Bertz CT molecular complexity index is 3160. The molecule has 0 aliphatic rings. The molecule has 0 fully saturated rings. The van der Waals surface area contributed by atoms with E-state index < -0.39 is 0 Å². The minimum Gasteiger partial charge on any atom is -0.456 e. The van der Waals surface area contributed by atoms with Crippen LogP contribution < -0.4 is 4.90 Å². The number of hydrogen-bond acceptors (Lipinski definition) is 5. The Kier molecular flexibility index (Phi) is 7.00. The molecule has 0 spiro atoms. The van der Waals surface area contributed by atoms with Crippen LogP contribution in [0.15, 0.2) is 191 Å². The fourth-order valence-electron chi connectivity index (χ4n) is 7.79. The summed E-state index contributed by atoms with van der Waals surface area (Å²) < 4.78 is 15.4. The number of hydrogen-bond donors (Lipinski definition) is 0. The molecule has 254 valence electrons. The van der Waals surface area contributed by atoms with Crippen molar-refractivity contribution >= 4 is 81.6 Å². The number of benzene rings is 8. The first kappa shape index (κ1) is 30.7. The summed E-state index contributed by atoms with van der Waals surface area (Å²) in [4.78, 5) is 7.36. The van der Waals surface area contributed by atoms with Gasteiger partial charge in [0.25, 0.3) is 0 Å². The molecule has 0 atom stereocenters. The lowest BCUT2D eigenvalue weighted by Gasteiger charge is -2.28. The Balaban J connectivity index is 1.09. The highest BCUT2D eigenvalue weighted by Gasteiger charge is 2.22. The van der Waals surface area contributed by atoms with E-state index in [4.69, 9.17) is 13.8 Å². The second kappa shape index (κ2) is 12.3. The molecule has 3 heterocycles. The van der Waals surface area contributed by atoms with Crippen LogP contribution in [0, 0.1) is 0 Å². The lowest BCUT2D eigenvalue weighted by Crippen LogP contribution is -2.11. The minimum atomic E-state index is 0.629. The molecule has 0 bridgehead atoms. The smallest absolute Gasteiger partial charge is 0.227 e. The van der Waals surface area contributed by atoms with E-state index in [2.05, 4.69) is 144 Å². The molecule has 5 heteroatoms. The van der Waals surface area contributed by atoms with E-state index >= 15 is 0 Å². The standard InChI is InChI=1S/C49H30N2O2S/c1-3-13-31(14-4-1)36-17-7-10-20-42(36)51(35-27-28-38-37-18-8-11-21-43(37)52-44(38)29-35)34-25-23-32(24-26-34)40-30-41-47(53-49(50-41)33-15-5-2-6-16-33)46-39-19-9-12-22-45(39)54-48(40)46/h1-30H. The van der Waals surface area contributed by atoms with Crippen LogP contribution in [-0.2, 0) is 0 Å². The number of fused-ring (bicyclic) bond motifs is 8. The second-order valence-corrected chi connectivity index (χ2v) is 14.6. The minimum absolute atomic E-state index is 0.629. The van der Waals surface area contributed by atoms with Crippen molar-refractivity contribution in [2.24, 2.45) is 0 Å². The summed E-state index contributed by atoms with van der Waals surface area (Å²) in [6.07, 6.45) is 0. The van der Waals surface area contributed by atoms with E-state index in [0.29, 0.717) is 5.89 Å². The average Bonchev–Trinajstić information content (AvgIpc) is 3.95. The number of nitrogens with zero attached hydrogens (tertiary/aromatic N) is 2. The first-order chi connectivity index (χ1) is 26.8. The Morgan fingerprint density at radius 3 is 1.94 bits per heavy atom. The molecule has 0 N–H and O–H groups in total. The zero-order valence-corrected chi connectivity index (χ0v) is 29.8. The van der Waals surface area contributed by atoms with Crippen LogP contribution >= 0.6 is 11.3 Å². The van der Waals surface area contributed by atoms with Crippen LogP contribution in [0.2, 0.25) is 0 Å². The maximum Gasteiger partial charge on any atom is 0.227 e. The Morgan fingerprint density at radius 1 is 0.463 bits per heavy atom. The zero-order valence-electron chi connectivity index (χ0n) is 28.9. The van der Waals surface area contributed by atoms with Crippen molar-refractivity contribution in [2.75, 3.05) is 4.90 Å². The molecule has 3 aromatic heterocycles. The first-order valence-corrected chi connectivity index (χ1v) is 18.8. The average molecular weight is 711 g/mol. The summed E-state index contributed by atoms with van der Waals surface area (Å²) in [7, 11) is 0. The van der Waals surface area contributed by atoms with Gasteiger partial charge in [-0.25, -0.2) is 4.98 Å². The molecule has 0 amide bonds. The van der Waals surface area contributed by atoms with Crippen LogP contribution in [0.1, 0.15) is 0 Å². The van der Waals surface area contributed by atoms with Crippen LogP contribution in [0.25, 0.3) is 86.9 Å². The molecule has 8 aromatic carbocycles. The van der Waals surface area contributed by atoms with Crippen LogP contribution in [0.3, 0.4) is 0 Å². The molecule has 11 aromatic rings. The number of furan rings is 1. The highest BCUT2D eigenvalue weighted by molar-refractivity contribution is 7.26. The van der Waals surface area contributed by atoms with Crippen molar-refractivity contribution in [1.29, 1.82) is 0 Å². The van der Waals surface area contributed by atoms with Gasteiger partial charge in [-0.3, -0.25) is 0 Å². The van der Waals surface area contributed by atoms with Gasteiger partial charge in [-0.05, 0) is 71.8 Å². The van der Waals surface area contributed by atoms with Gasteiger partial charge in [-0.1, -0.05) is 115 Å². The lowest BCUT2D eigenvalue weighted by molar-refractivity contribution is 0.623. The Labute approximate surface area is 314 Å². The molecule has 0 saturated carbocycles.